The monoisotopic (exact) mass is 301 g/mol. The Labute approximate surface area is 126 Å². The molecule has 1 saturated heterocycles. The van der Waals surface area contributed by atoms with Gasteiger partial charge in [0, 0.05) is 26.6 Å². The molecule has 0 aromatic rings. The van der Waals surface area contributed by atoms with Crippen molar-refractivity contribution in [3.63, 3.8) is 0 Å². The van der Waals surface area contributed by atoms with Crippen molar-refractivity contribution >= 4 is 12.0 Å². The third kappa shape index (κ3) is 5.17. The molecule has 7 heteroatoms. The first-order valence-electron chi connectivity index (χ1n) is 7.55. The second kappa shape index (κ2) is 8.84. The zero-order valence-electron chi connectivity index (χ0n) is 13.2. The molecule has 1 fully saturated rings. The van der Waals surface area contributed by atoms with E-state index in [0.717, 1.165) is 26.1 Å². The summed E-state index contributed by atoms with van der Waals surface area (Å²) in [4.78, 5) is 26.9. The molecule has 21 heavy (non-hydrogen) atoms. The number of nitrogens with one attached hydrogen (secondary N) is 1. The number of carbonyl (C=O) groups is 2. The predicted molar refractivity (Wildman–Crippen MR) is 79.3 cm³/mol. The first kappa shape index (κ1) is 17.7. The molecule has 1 heterocycles. The summed E-state index contributed by atoms with van der Waals surface area (Å²) in [6.45, 7) is 8.01. The Morgan fingerprint density at radius 1 is 1.38 bits per heavy atom. The first-order valence-corrected chi connectivity index (χ1v) is 7.55. The largest absolute Gasteiger partial charge is 0.480 e. The average Bonchev–Trinajstić information content (AvgIpc) is 2.92. The number of likely N-dealkylation sites (tertiary alicyclic amines) is 1. The molecular weight excluding hydrogens is 274 g/mol. The van der Waals surface area contributed by atoms with Crippen LogP contribution in [-0.4, -0.2) is 78.9 Å². The highest BCUT2D eigenvalue weighted by molar-refractivity contribution is 5.83. The molecule has 1 rings (SSSR count). The van der Waals surface area contributed by atoms with E-state index in [1.807, 2.05) is 0 Å². The van der Waals surface area contributed by atoms with Crippen LogP contribution in [0.15, 0.2) is 0 Å². The number of hydrogen-bond donors (Lipinski definition) is 2. The number of methoxy groups -OCH3 is 1. The van der Waals surface area contributed by atoms with Crippen molar-refractivity contribution in [3.05, 3.63) is 0 Å². The Morgan fingerprint density at radius 3 is 2.57 bits per heavy atom. The third-order valence-corrected chi connectivity index (χ3v) is 3.96. The number of amides is 2. The fourth-order valence-electron chi connectivity index (χ4n) is 2.57. The van der Waals surface area contributed by atoms with Crippen molar-refractivity contribution in [3.8, 4) is 0 Å². The number of ether oxygens (including phenoxy) is 1. The highest BCUT2D eigenvalue weighted by Gasteiger charge is 2.39. The molecule has 0 bridgehead atoms. The van der Waals surface area contributed by atoms with Gasteiger partial charge in [-0.25, -0.2) is 9.59 Å². The summed E-state index contributed by atoms with van der Waals surface area (Å²) in [6, 6.07) is -1.11. The summed E-state index contributed by atoms with van der Waals surface area (Å²) >= 11 is 0. The molecule has 122 valence electrons. The van der Waals surface area contributed by atoms with Gasteiger partial charge in [-0.05, 0) is 26.1 Å². The lowest BCUT2D eigenvalue weighted by atomic mass is 10.2. The van der Waals surface area contributed by atoms with Crippen LogP contribution in [0.5, 0.6) is 0 Å². The molecule has 0 radical (unpaired) electrons. The summed E-state index contributed by atoms with van der Waals surface area (Å²) in [5.74, 6) is -0.979. The van der Waals surface area contributed by atoms with Gasteiger partial charge in [0.15, 0.2) is 0 Å². The van der Waals surface area contributed by atoms with Gasteiger partial charge in [0.2, 0.25) is 0 Å². The molecule has 1 aliphatic rings. The summed E-state index contributed by atoms with van der Waals surface area (Å²) in [5.41, 5.74) is 0. The van der Waals surface area contributed by atoms with Gasteiger partial charge in [-0.15, -0.1) is 0 Å². The van der Waals surface area contributed by atoms with Gasteiger partial charge in [-0.2, -0.15) is 0 Å². The van der Waals surface area contributed by atoms with E-state index in [1.165, 1.54) is 12.0 Å². The second-order valence-electron chi connectivity index (χ2n) is 5.21. The normalized spacial score (nSPS) is 21.8. The van der Waals surface area contributed by atoms with E-state index in [0.29, 0.717) is 19.5 Å². The first-order chi connectivity index (χ1) is 10.0. The van der Waals surface area contributed by atoms with E-state index in [-0.39, 0.29) is 12.1 Å². The van der Waals surface area contributed by atoms with Gasteiger partial charge >= 0.3 is 12.0 Å². The molecule has 2 unspecified atom stereocenters. The fraction of sp³-hybridized carbons (Fsp3) is 0.857. The molecule has 2 atom stereocenters. The number of rotatable bonds is 8. The zero-order chi connectivity index (χ0) is 15.8. The highest BCUT2D eigenvalue weighted by Crippen LogP contribution is 2.20. The van der Waals surface area contributed by atoms with Crippen LogP contribution in [0.2, 0.25) is 0 Å². The number of carboxylic acid groups (broad SMARTS) is 1. The van der Waals surface area contributed by atoms with Crippen LogP contribution in [0, 0.1) is 0 Å². The number of nitrogens with zero attached hydrogens (tertiary/aromatic N) is 2. The Bertz CT molecular complexity index is 347. The summed E-state index contributed by atoms with van der Waals surface area (Å²) in [7, 11) is 1.54. The molecule has 0 spiro atoms. The molecule has 0 aliphatic carbocycles. The van der Waals surface area contributed by atoms with E-state index in [1.54, 1.807) is 0 Å². The van der Waals surface area contributed by atoms with Crippen LogP contribution in [0.4, 0.5) is 4.79 Å². The van der Waals surface area contributed by atoms with Gasteiger partial charge in [0.25, 0.3) is 0 Å². The number of urea groups is 1. The van der Waals surface area contributed by atoms with Crippen molar-refractivity contribution in [1.82, 2.24) is 15.1 Å². The van der Waals surface area contributed by atoms with E-state index in [4.69, 9.17) is 4.74 Å². The predicted octanol–water partition coefficient (Wildman–Crippen LogP) is 0.602. The van der Waals surface area contributed by atoms with Crippen LogP contribution in [0.3, 0.4) is 0 Å². The van der Waals surface area contributed by atoms with Crippen molar-refractivity contribution in [2.45, 2.75) is 38.8 Å². The Morgan fingerprint density at radius 2 is 2.05 bits per heavy atom. The smallest absolute Gasteiger partial charge is 0.326 e. The van der Waals surface area contributed by atoms with Crippen LogP contribution in [-0.2, 0) is 9.53 Å². The minimum atomic E-state index is -0.979. The number of carboxylic acids is 1. The van der Waals surface area contributed by atoms with Crippen LogP contribution < -0.4 is 5.32 Å². The Kier molecular flexibility index (Phi) is 7.45. The van der Waals surface area contributed by atoms with E-state index in [9.17, 15) is 14.7 Å². The van der Waals surface area contributed by atoms with Crippen LogP contribution >= 0.6 is 0 Å². The maximum absolute atomic E-state index is 12.1. The minimum absolute atomic E-state index is 0.201. The summed E-state index contributed by atoms with van der Waals surface area (Å²) in [6.07, 6.45) is 0.998. The average molecular weight is 301 g/mol. The molecular formula is C14H27N3O4. The third-order valence-electron chi connectivity index (χ3n) is 3.96. The van der Waals surface area contributed by atoms with Crippen LogP contribution in [0.1, 0.15) is 26.7 Å². The lowest BCUT2D eigenvalue weighted by Gasteiger charge is -2.22. The molecule has 0 aromatic heterocycles. The zero-order valence-corrected chi connectivity index (χ0v) is 13.2. The van der Waals surface area contributed by atoms with Gasteiger partial charge in [-0.1, -0.05) is 13.8 Å². The van der Waals surface area contributed by atoms with Gasteiger partial charge in [0.05, 0.1) is 6.10 Å². The fourth-order valence-corrected chi connectivity index (χ4v) is 2.57. The molecule has 2 N–H and O–H groups in total. The molecule has 0 aromatic carbocycles. The van der Waals surface area contributed by atoms with E-state index < -0.39 is 12.0 Å². The minimum Gasteiger partial charge on any atom is -0.480 e. The Hall–Kier alpha value is -1.34. The standard InChI is InChI=1S/C14H27N3O4/c1-4-16(5-2)8-6-7-15-14(20)17-10-11(21-3)9-12(17)13(18)19/h11-12H,4-10H2,1-3H3,(H,15,20)(H,18,19). The van der Waals surface area contributed by atoms with Crippen LogP contribution in [0.25, 0.3) is 0 Å². The quantitative estimate of drug-likeness (QED) is 0.642. The Balaban J connectivity index is 2.38. The van der Waals surface area contributed by atoms with Crippen molar-refractivity contribution in [1.29, 1.82) is 0 Å². The van der Waals surface area contributed by atoms with Gasteiger partial charge in [-0.3, -0.25) is 0 Å². The molecule has 1 aliphatic heterocycles. The topological polar surface area (TPSA) is 82.1 Å². The molecule has 2 amide bonds. The lowest BCUT2D eigenvalue weighted by Crippen LogP contribution is -2.46. The summed E-state index contributed by atoms with van der Waals surface area (Å²) in [5, 5.41) is 12.0. The number of carbonyl (C=O) groups excluding carboxylic acids is 1. The maximum atomic E-state index is 12.1. The van der Waals surface area contributed by atoms with Gasteiger partial charge in [0.1, 0.15) is 6.04 Å². The number of hydrogen-bond acceptors (Lipinski definition) is 4. The second-order valence-corrected chi connectivity index (χ2v) is 5.21. The van der Waals surface area contributed by atoms with Crippen molar-refractivity contribution in [2.24, 2.45) is 0 Å². The number of aliphatic carboxylic acids is 1. The van der Waals surface area contributed by atoms with Crippen molar-refractivity contribution in [2.75, 3.05) is 39.8 Å². The van der Waals surface area contributed by atoms with E-state index >= 15 is 0 Å². The van der Waals surface area contributed by atoms with Gasteiger partial charge < -0.3 is 25.0 Å². The van der Waals surface area contributed by atoms with E-state index in [2.05, 4.69) is 24.1 Å². The summed E-state index contributed by atoms with van der Waals surface area (Å²) < 4.78 is 5.17. The SMILES string of the molecule is CCN(CC)CCCNC(=O)N1CC(OC)CC1C(=O)O. The molecule has 7 nitrogen and oxygen atoms in total. The molecule has 0 saturated carbocycles. The highest BCUT2D eigenvalue weighted by atomic mass is 16.5. The van der Waals surface area contributed by atoms with Crippen molar-refractivity contribution < 1.29 is 19.4 Å². The maximum Gasteiger partial charge on any atom is 0.326 e. The lowest BCUT2D eigenvalue weighted by molar-refractivity contribution is -0.141.